The third-order valence-corrected chi connectivity index (χ3v) is 3.24. The van der Waals surface area contributed by atoms with Crippen molar-refractivity contribution in [2.45, 2.75) is 11.8 Å². The van der Waals surface area contributed by atoms with Crippen LogP contribution in [0.25, 0.3) is 0 Å². The lowest BCUT2D eigenvalue weighted by atomic mass is 10.2. The Balaban J connectivity index is 2.17. The summed E-state index contributed by atoms with van der Waals surface area (Å²) in [5.41, 5.74) is 1.26. The average Bonchev–Trinajstić information content (AvgIpc) is 2.32. The van der Waals surface area contributed by atoms with Crippen LogP contribution < -0.4 is 0 Å². The van der Waals surface area contributed by atoms with E-state index >= 15 is 0 Å². The monoisotopic (exact) mass is 246 g/mol. The van der Waals surface area contributed by atoms with E-state index in [1.807, 2.05) is 31.2 Å². The molecule has 3 heteroatoms. The SMILES string of the molecule is Cc1ccc(SC(=O)c2ccccc2F)cc1. The zero-order valence-electron chi connectivity index (χ0n) is 9.31. The molecule has 2 aromatic rings. The Kier molecular flexibility index (Phi) is 3.59. The van der Waals surface area contributed by atoms with E-state index in [-0.39, 0.29) is 10.7 Å². The second-order valence-electron chi connectivity index (χ2n) is 3.68. The molecule has 0 aliphatic rings. The van der Waals surface area contributed by atoms with Gasteiger partial charge in [0.05, 0.1) is 5.56 Å². The highest BCUT2D eigenvalue weighted by Crippen LogP contribution is 2.24. The van der Waals surface area contributed by atoms with E-state index in [0.717, 1.165) is 22.2 Å². The minimum atomic E-state index is -0.475. The van der Waals surface area contributed by atoms with E-state index in [1.165, 1.54) is 12.1 Å². The Morgan fingerprint density at radius 1 is 1.06 bits per heavy atom. The lowest BCUT2D eigenvalue weighted by molar-refractivity contribution is 0.108. The zero-order valence-corrected chi connectivity index (χ0v) is 10.1. The molecule has 0 unspecified atom stereocenters. The first-order valence-electron chi connectivity index (χ1n) is 5.20. The Bertz CT molecular complexity index is 534. The molecule has 0 atom stereocenters. The summed E-state index contributed by atoms with van der Waals surface area (Å²) < 4.78 is 13.4. The van der Waals surface area contributed by atoms with E-state index in [2.05, 4.69) is 0 Å². The topological polar surface area (TPSA) is 17.1 Å². The maximum Gasteiger partial charge on any atom is 0.227 e. The number of hydrogen-bond acceptors (Lipinski definition) is 2. The normalized spacial score (nSPS) is 10.2. The number of halogens is 1. The average molecular weight is 246 g/mol. The van der Waals surface area contributed by atoms with Crippen molar-refractivity contribution in [1.82, 2.24) is 0 Å². The Morgan fingerprint density at radius 3 is 2.35 bits per heavy atom. The molecule has 0 saturated heterocycles. The lowest BCUT2D eigenvalue weighted by Crippen LogP contribution is -1.96. The van der Waals surface area contributed by atoms with Crippen LogP contribution in [0.5, 0.6) is 0 Å². The van der Waals surface area contributed by atoms with Crippen molar-refractivity contribution in [3.63, 3.8) is 0 Å². The van der Waals surface area contributed by atoms with E-state index < -0.39 is 5.82 Å². The van der Waals surface area contributed by atoms with Crippen LogP contribution in [0.4, 0.5) is 4.39 Å². The number of hydrogen-bond donors (Lipinski definition) is 0. The first kappa shape index (κ1) is 11.9. The van der Waals surface area contributed by atoms with Crippen molar-refractivity contribution >= 4 is 16.9 Å². The third kappa shape index (κ3) is 2.94. The van der Waals surface area contributed by atoms with Crippen molar-refractivity contribution in [2.75, 3.05) is 0 Å². The summed E-state index contributed by atoms with van der Waals surface area (Å²) in [6.07, 6.45) is 0. The molecule has 0 N–H and O–H groups in total. The van der Waals surface area contributed by atoms with E-state index in [1.54, 1.807) is 12.1 Å². The number of thioether (sulfide) groups is 1. The van der Waals surface area contributed by atoms with Gasteiger partial charge in [0.1, 0.15) is 5.82 Å². The van der Waals surface area contributed by atoms with Gasteiger partial charge in [-0.05, 0) is 43.0 Å². The number of carbonyl (C=O) groups excluding carboxylic acids is 1. The summed E-state index contributed by atoms with van der Waals surface area (Å²) >= 11 is 1.04. The zero-order chi connectivity index (χ0) is 12.3. The third-order valence-electron chi connectivity index (χ3n) is 2.33. The van der Waals surface area contributed by atoms with Gasteiger partial charge in [0.25, 0.3) is 0 Å². The molecular weight excluding hydrogens is 235 g/mol. The summed E-state index contributed by atoms with van der Waals surface area (Å²) in [6, 6.07) is 13.6. The van der Waals surface area contributed by atoms with Gasteiger partial charge in [-0.25, -0.2) is 4.39 Å². The van der Waals surface area contributed by atoms with Gasteiger partial charge in [0.2, 0.25) is 5.12 Å². The Labute approximate surface area is 104 Å². The molecule has 0 aliphatic heterocycles. The van der Waals surface area contributed by atoms with Gasteiger partial charge in [0.15, 0.2) is 0 Å². The van der Waals surface area contributed by atoms with Crippen LogP contribution in [-0.4, -0.2) is 5.12 Å². The molecule has 0 aliphatic carbocycles. The second-order valence-corrected chi connectivity index (χ2v) is 4.73. The molecule has 0 radical (unpaired) electrons. The van der Waals surface area contributed by atoms with Gasteiger partial charge >= 0.3 is 0 Å². The minimum Gasteiger partial charge on any atom is -0.281 e. The highest BCUT2D eigenvalue weighted by molar-refractivity contribution is 8.14. The summed E-state index contributed by atoms with van der Waals surface area (Å²) in [5, 5.41) is -0.271. The summed E-state index contributed by atoms with van der Waals surface area (Å²) in [7, 11) is 0. The minimum absolute atomic E-state index is 0.123. The Hall–Kier alpha value is -1.61. The molecule has 0 aromatic heterocycles. The van der Waals surface area contributed by atoms with Crippen molar-refractivity contribution in [2.24, 2.45) is 0 Å². The van der Waals surface area contributed by atoms with Crippen molar-refractivity contribution < 1.29 is 9.18 Å². The van der Waals surface area contributed by atoms with Gasteiger partial charge in [-0.15, -0.1) is 0 Å². The van der Waals surface area contributed by atoms with Gasteiger partial charge in [-0.2, -0.15) is 0 Å². The molecule has 86 valence electrons. The fraction of sp³-hybridized carbons (Fsp3) is 0.0714. The van der Waals surface area contributed by atoms with Crippen LogP contribution in [0.3, 0.4) is 0 Å². The maximum absolute atomic E-state index is 13.4. The largest absolute Gasteiger partial charge is 0.281 e. The molecule has 0 amide bonds. The molecule has 0 heterocycles. The van der Waals surface area contributed by atoms with E-state index in [9.17, 15) is 9.18 Å². The van der Waals surface area contributed by atoms with Gasteiger partial charge in [-0.1, -0.05) is 29.8 Å². The van der Waals surface area contributed by atoms with Gasteiger partial charge in [0, 0.05) is 4.90 Å². The highest BCUT2D eigenvalue weighted by Gasteiger charge is 2.12. The predicted octanol–water partition coefficient (Wildman–Crippen LogP) is 4.07. The quantitative estimate of drug-likeness (QED) is 0.743. The molecule has 2 aromatic carbocycles. The fourth-order valence-corrected chi connectivity index (χ4v) is 2.16. The predicted molar refractivity (Wildman–Crippen MR) is 67.8 cm³/mol. The first-order chi connectivity index (χ1) is 8.16. The smallest absolute Gasteiger partial charge is 0.227 e. The maximum atomic E-state index is 13.4. The first-order valence-corrected chi connectivity index (χ1v) is 6.02. The molecule has 0 spiro atoms. The van der Waals surface area contributed by atoms with Gasteiger partial charge in [-0.3, -0.25) is 4.79 Å². The van der Waals surface area contributed by atoms with Crippen LogP contribution in [-0.2, 0) is 0 Å². The standard InChI is InChI=1S/C14H11FOS/c1-10-6-8-11(9-7-10)17-14(16)12-4-2-3-5-13(12)15/h2-9H,1H3. The fourth-order valence-electron chi connectivity index (χ4n) is 1.40. The molecule has 2 rings (SSSR count). The van der Waals surface area contributed by atoms with Crippen LogP contribution in [0.2, 0.25) is 0 Å². The molecule has 0 saturated carbocycles. The molecule has 0 bridgehead atoms. The molecule has 1 nitrogen and oxygen atoms in total. The molecule has 17 heavy (non-hydrogen) atoms. The number of carbonyl (C=O) groups is 1. The Morgan fingerprint density at radius 2 is 1.71 bits per heavy atom. The number of benzene rings is 2. The summed E-state index contributed by atoms with van der Waals surface area (Å²) in [5.74, 6) is -0.475. The summed E-state index contributed by atoms with van der Waals surface area (Å²) in [6.45, 7) is 1.98. The van der Waals surface area contributed by atoms with Crippen LogP contribution in [0.1, 0.15) is 15.9 Å². The number of aryl methyl sites for hydroxylation is 1. The lowest BCUT2D eigenvalue weighted by Gasteiger charge is -2.02. The van der Waals surface area contributed by atoms with Crippen LogP contribution in [0, 0.1) is 12.7 Å². The summed E-state index contributed by atoms with van der Waals surface area (Å²) in [4.78, 5) is 12.7. The number of rotatable bonds is 2. The van der Waals surface area contributed by atoms with E-state index in [0.29, 0.717) is 0 Å². The molecule has 0 fully saturated rings. The second kappa shape index (κ2) is 5.15. The highest BCUT2D eigenvalue weighted by atomic mass is 32.2. The van der Waals surface area contributed by atoms with Crippen molar-refractivity contribution in [3.05, 3.63) is 65.5 Å². The molecular formula is C14H11FOS. The van der Waals surface area contributed by atoms with Crippen molar-refractivity contribution in [1.29, 1.82) is 0 Å². The van der Waals surface area contributed by atoms with Crippen LogP contribution in [0.15, 0.2) is 53.4 Å². The van der Waals surface area contributed by atoms with Crippen LogP contribution >= 0.6 is 11.8 Å². The van der Waals surface area contributed by atoms with E-state index in [4.69, 9.17) is 0 Å². The van der Waals surface area contributed by atoms with Crippen molar-refractivity contribution in [3.8, 4) is 0 Å². The van der Waals surface area contributed by atoms with Gasteiger partial charge < -0.3 is 0 Å².